The van der Waals surface area contributed by atoms with Crippen molar-refractivity contribution in [1.29, 1.82) is 0 Å². The molecule has 1 aliphatic heterocycles. The number of fused-ring (bicyclic) bond motifs is 1. The fourth-order valence-electron chi connectivity index (χ4n) is 3.33. The van der Waals surface area contributed by atoms with Gasteiger partial charge in [0.1, 0.15) is 5.01 Å². The zero-order chi connectivity index (χ0) is 16.5. The van der Waals surface area contributed by atoms with E-state index in [1.807, 2.05) is 35.5 Å². The van der Waals surface area contributed by atoms with Crippen molar-refractivity contribution in [3.63, 3.8) is 0 Å². The van der Waals surface area contributed by atoms with Gasteiger partial charge in [-0.15, -0.1) is 11.3 Å². The first-order valence-electron chi connectivity index (χ1n) is 8.31. The molecule has 1 aliphatic carbocycles. The summed E-state index contributed by atoms with van der Waals surface area (Å²) in [6.45, 7) is 0.268. The predicted molar refractivity (Wildman–Crippen MR) is 92.4 cm³/mol. The van der Waals surface area contributed by atoms with Crippen LogP contribution >= 0.6 is 11.3 Å². The van der Waals surface area contributed by atoms with Crippen molar-refractivity contribution in [2.75, 3.05) is 13.8 Å². The number of ether oxygens (including phenoxy) is 2. The van der Waals surface area contributed by atoms with E-state index >= 15 is 0 Å². The summed E-state index contributed by atoms with van der Waals surface area (Å²) in [4.78, 5) is 19.0. The standard InChI is InChI=1S/C18H20N2O3S/c1-20(14-4-2-3-5-14)17(21)9-13-10-24-18(19-13)12-6-7-15-16(8-12)23-11-22-15/h6-8,10,14H,2-5,9,11H2,1H3. The SMILES string of the molecule is CN(C(=O)Cc1csc(-c2ccc3c(c2)OCO3)n1)C1CCCC1. The lowest BCUT2D eigenvalue weighted by Crippen LogP contribution is -2.36. The van der Waals surface area contributed by atoms with Crippen molar-refractivity contribution < 1.29 is 14.3 Å². The van der Waals surface area contributed by atoms with Gasteiger partial charge < -0.3 is 14.4 Å². The molecule has 0 unspecified atom stereocenters. The van der Waals surface area contributed by atoms with E-state index in [0.717, 1.165) is 40.6 Å². The van der Waals surface area contributed by atoms with Crippen LogP contribution in [-0.4, -0.2) is 35.7 Å². The van der Waals surface area contributed by atoms with Gasteiger partial charge in [-0.05, 0) is 31.0 Å². The summed E-state index contributed by atoms with van der Waals surface area (Å²) in [6.07, 6.45) is 5.08. The second-order valence-electron chi connectivity index (χ2n) is 6.33. The lowest BCUT2D eigenvalue weighted by atomic mass is 10.2. The van der Waals surface area contributed by atoms with E-state index in [2.05, 4.69) is 4.98 Å². The number of hydrogen-bond acceptors (Lipinski definition) is 5. The van der Waals surface area contributed by atoms with Crippen LogP contribution in [0.2, 0.25) is 0 Å². The minimum absolute atomic E-state index is 0.157. The Hall–Kier alpha value is -2.08. The maximum atomic E-state index is 12.5. The van der Waals surface area contributed by atoms with Gasteiger partial charge in [-0.1, -0.05) is 12.8 Å². The van der Waals surface area contributed by atoms with E-state index in [-0.39, 0.29) is 12.7 Å². The number of rotatable bonds is 4. The Labute approximate surface area is 145 Å². The van der Waals surface area contributed by atoms with Crippen LogP contribution in [0.4, 0.5) is 0 Å². The molecule has 1 fully saturated rings. The van der Waals surface area contributed by atoms with Crippen LogP contribution in [0.25, 0.3) is 10.6 Å². The smallest absolute Gasteiger partial charge is 0.231 e. The highest BCUT2D eigenvalue weighted by molar-refractivity contribution is 7.13. The molecule has 0 spiro atoms. The molecule has 1 aromatic heterocycles. The Morgan fingerprint density at radius 3 is 2.92 bits per heavy atom. The summed E-state index contributed by atoms with van der Waals surface area (Å²) < 4.78 is 10.7. The summed E-state index contributed by atoms with van der Waals surface area (Å²) in [5.74, 6) is 1.68. The molecule has 2 heterocycles. The Balaban J connectivity index is 1.45. The average molecular weight is 344 g/mol. The minimum Gasteiger partial charge on any atom is -0.454 e. The zero-order valence-electron chi connectivity index (χ0n) is 13.7. The first-order valence-corrected chi connectivity index (χ1v) is 9.19. The van der Waals surface area contributed by atoms with Crippen LogP contribution in [-0.2, 0) is 11.2 Å². The van der Waals surface area contributed by atoms with E-state index in [0.29, 0.717) is 12.5 Å². The maximum Gasteiger partial charge on any atom is 0.231 e. The van der Waals surface area contributed by atoms with Crippen LogP contribution in [0.5, 0.6) is 11.5 Å². The third-order valence-electron chi connectivity index (χ3n) is 4.77. The predicted octanol–water partition coefficient (Wildman–Crippen LogP) is 3.48. The number of amides is 1. The van der Waals surface area contributed by atoms with Crippen molar-refractivity contribution in [1.82, 2.24) is 9.88 Å². The molecule has 5 nitrogen and oxygen atoms in total. The highest BCUT2D eigenvalue weighted by Crippen LogP contribution is 2.36. The van der Waals surface area contributed by atoms with Crippen LogP contribution < -0.4 is 9.47 Å². The number of thiazole rings is 1. The van der Waals surface area contributed by atoms with Crippen LogP contribution in [0.3, 0.4) is 0 Å². The fraction of sp³-hybridized carbons (Fsp3) is 0.444. The molecule has 0 radical (unpaired) electrons. The number of likely N-dealkylation sites (N-methyl/N-ethyl adjacent to an activating group) is 1. The molecule has 2 aromatic rings. The quantitative estimate of drug-likeness (QED) is 0.852. The summed E-state index contributed by atoms with van der Waals surface area (Å²) in [5, 5.41) is 2.87. The van der Waals surface area contributed by atoms with Gasteiger partial charge >= 0.3 is 0 Å². The number of carbonyl (C=O) groups is 1. The highest BCUT2D eigenvalue weighted by atomic mass is 32.1. The molecular formula is C18H20N2O3S. The molecule has 4 rings (SSSR count). The molecule has 1 amide bonds. The largest absolute Gasteiger partial charge is 0.454 e. The molecule has 6 heteroatoms. The molecule has 0 bridgehead atoms. The van der Waals surface area contributed by atoms with Crippen LogP contribution in [0.15, 0.2) is 23.6 Å². The van der Waals surface area contributed by atoms with Crippen molar-refractivity contribution in [3.05, 3.63) is 29.3 Å². The van der Waals surface area contributed by atoms with Gasteiger partial charge in [-0.25, -0.2) is 4.98 Å². The van der Waals surface area contributed by atoms with Crippen molar-refractivity contribution >= 4 is 17.2 Å². The number of carbonyl (C=O) groups excluding carboxylic acids is 1. The summed E-state index contributed by atoms with van der Waals surface area (Å²) >= 11 is 1.56. The Morgan fingerprint density at radius 1 is 1.29 bits per heavy atom. The van der Waals surface area contributed by atoms with Gasteiger partial charge in [0.25, 0.3) is 0 Å². The van der Waals surface area contributed by atoms with Crippen LogP contribution in [0.1, 0.15) is 31.4 Å². The molecular weight excluding hydrogens is 324 g/mol. The third-order valence-corrected chi connectivity index (χ3v) is 5.71. The van der Waals surface area contributed by atoms with Crippen molar-refractivity contribution in [2.45, 2.75) is 38.1 Å². The molecule has 1 saturated carbocycles. The Morgan fingerprint density at radius 2 is 2.08 bits per heavy atom. The zero-order valence-corrected chi connectivity index (χ0v) is 14.5. The topological polar surface area (TPSA) is 51.7 Å². The molecule has 2 aliphatic rings. The Kier molecular flexibility index (Phi) is 4.14. The van der Waals surface area contributed by atoms with Gasteiger partial charge in [0.2, 0.25) is 12.7 Å². The molecule has 126 valence electrons. The monoisotopic (exact) mass is 344 g/mol. The average Bonchev–Trinajstić information content (AvgIpc) is 3.34. The van der Waals surface area contributed by atoms with Crippen molar-refractivity contribution in [3.8, 4) is 22.1 Å². The van der Waals surface area contributed by atoms with Crippen molar-refractivity contribution in [2.24, 2.45) is 0 Å². The van der Waals surface area contributed by atoms with E-state index in [1.165, 1.54) is 12.8 Å². The van der Waals surface area contributed by atoms with Gasteiger partial charge in [-0.2, -0.15) is 0 Å². The first kappa shape index (κ1) is 15.4. The maximum absolute atomic E-state index is 12.5. The van der Waals surface area contributed by atoms with E-state index in [4.69, 9.17) is 9.47 Å². The van der Waals surface area contributed by atoms with Gasteiger partial charge in [0.15, 0.2) is 11.5 Å². The molecule has 24 heavy (non-hydrogen) atoms. The molecule has 0 N–H and O–H groups in total. The Bertz CT molecular complexity index is 752. The highest BCUT2D eigenvalue weighted by Gasteiger charge is 2.24. The number of aromatic nitrogens is 1. The normalized spacial score (nSPS) is 16.5. The summed E-state index contributed by atoms with van der Waals surface area (Å²) in [7, 11) is 1.92. The second-order valence-corrected chi connectivity index (χ2v) is 7.19. The molecule has 0 saturated heterocycles. The number of nitrogens with zero attached hydrogens (tertiary/aromatic N) is 2. The molecule has 0 atom stereocenters. The minimum atomic E-state index is 0.157. The lowest BCUT2D eigenvalue weighted by molar-refractivity contribution is -0.131. The third kappa shape index (κ3) is 2.98. The van der Waals surface area contributed by atoms with E-state index < -0.39 is 0 Å². The van der Waals surface area contributed by atoms with E-state index in [1.54, 1.807) is 11.3 Å². The van der Waals surface area contributed by atoms with Gasteiger partial charge in [0.05, 0.1) is 12.1 Å². The fourth-order valence-corrected chi connectivity index (χ4v) is 4.14. The number of hydrogen-bond donors (Lipinski definition) is 0. The summed E-state index contributed by atoms with van der Waals surface area (Å²) in [5.41, 5.74) is 1.83. The lowest BCUT2D eigenvalue weighted by Gasteiger charge is -2.23. The van der Waals surface area contributed by atoms with Gasteiger partial charge in [-0.3, -0.25) is 4.79 Å². The first-order chi connectivity index (χ1) is 11.7. The number of benzene rings is 1. The van der Waals surface area contributed by atoms with Gasteiger partial charge in [0, 0.05) is 24.0 Å². The van der Waals surface area contributed by atoms with Crippen LogP contribution in [0, 0.1) is 0 Å². The second kappa shape index (κ2) is 6.43. The molecule has 1 aromatic carbocycles. The van der Waals surface area contributed by atoms with E-state index in [9.17, 15) is 4.79 Å². The summed E-state index contributed by atoms with van der Waals surface area (Å²) in [6, 6.07) is 6.22.